The fourth-order valence-electron chi connectivity index (χ4n) is 4.97. The summed E-state index contributed by atoms with van der Waals surface area (Å²) in [5.41, 5.74) is 1.38. The number of benzene rings is 1. The summed E-state index contributed by atoms with van der Waals surface area (Å²) in [5.74, 6) is -0.200. The van der Waals surface area contributed by atoms with Crippen molar-refractivity contribution in [3.05, 3.63) is 60.2 Å². The third-order valence-electron chi connectivity index (χ3n) is 6.66. The number of rotatable bonds is 5. The van der Waals surface area contributed by atoms with Gasteiger partial charge in [0.1, 0.15) is 5.69 Å². The molecule has 1 aromatic carbocycles. The van der Waals surface area contributed by atoms with Crippen LogP contribution in [-0.4, -0.2) is 57.7 Å². The lowest BCUT2D eigenvalue weighted by Gasteiger charge is -2.34. The second kappa shape index (κ2) is 9.01. The molecule has 29 heavy (non-hydrogen) atoms. The molecule has 154 valence electrons. The minimum Gasteiger partial charge on any atom is -0.391 e. The molecule has 2 aliphatic rings. The molecule has 4 rings (SSSR count). The van der Waals surface area contributed by atoms with Crippen molar-refractivity contribution in [3.63, 3.8) is 0 Å². The van der Waals surface area contributed by atoms with E-state index in [1.165, 1.54) is 30.8 Å². The van der Waals surface area contributed by atoms with Gasteiger partial charge in [0.15, 0.2) is 0 Å². The molecule has 1 aliphatic carbocycles. The molecule has 1 aliphatic heterocycles. The Morgan fingerprint density at radius 2 is 1.90 bits per heavy atom. The van der Waals surface area contributed by atoms with E-state index < -0.39 is 0 Å². The average Bonchev–Trinajstić information content (AvgIpc) is 3.25. The van der Waals surface area contributed by atoms with Crippen molar-refractivity contribution in [1.82, 2.24) is 20.2 Å². The fraction of sp³-hybridized carbons (Fsp3) is 0.522. The van der Waals surface area contributed by atoms with Crippen LogP contribution in [0.3, 0.4) is 0 Å². The number of hydrogen-bond acceptors (Lipinski definition) is 5. The molecule has 0 unspecified atom stereocenters. The van der Waals surface area contributed by atoms with Gasteiger partial charge in [-0.2, -0.15) is 0 Å². The topological polar surface area (TPSA) is 78.4 Å². The molecule has 1 saturated carbocycles. The van der Waals surface area contributed by atoms with E-state index in [1.807, 2.05) is 6.07 Å². The first-order valence-electron chi connectivity index (χ1n) is 10.7. The summed E-state index contributed by atoms with van der Waals surface area (Å²) >= 11 is 0. The highest BCUT2D eigenvalue weighted by atomic mass is 16.3. The fourth-order valence-corrected chi connectivity index (χ4v) is 4.97. The number of nitrogens with one attached hydrogen (secondary N) is 1. The molecule has 1 amide bonds. The summed E-state index contributed by atoms with van der Waals surface area (Å²) in [5, 5.41) is 14.0. The minimum atomic E-state index is -0.311. The second-order valence-corrected chi connectivity index (χ2v) is 8.37. The Kier molecular flexibility index (Phi) is 6.21. The van der Waals surface area contributed by atoms with Crippen LogP contribution in [0.1, 0.15) is 54.6 Å². The normalized spacial score (nSPS) is 28.0. The van der Waals surface area contributed by atoms with Crippen molar-refractivity contribution in [1.29, 1.82) is 0 Å². The number of aliphatic hydroxyl groups excluding tert-OH is 1. The lowest BCUT2D eigenvalue weighted by Crippen LogP contribution is -2.42. The van der Waals surface area contributed by atoms with E-state index in [4.69, 9.17) is 0 Å². The van der Waals surface area contributed by atoms with Crippen LogP contribution in [0.25, 0.3) is 0 Å². The number of amides is 1. The van der Waals surface area contributed by atoms with Crippen molar-refractivity contribution in [2.75, 3.05) is 19.6 Å². The predicted octanol–water partition coefficient (Wildman–Crippen LogP) is 2.54. The van der Waals surface area contributed by atoms with Crippen LogP contribution in [0.2, 0.25) is 0 Å². The molecule has 2 heterocycles. The van der Waals surface area contributed by atoms with Crippen LogP contribution in [0.15, 0.2) is 48.9 Å². The Labute approximate surface area is 172 Å². The van der Waals surface area contributed by atoms with E-state index in [-0.39, 0.29) is 23.5 Å². The lowest BCUT2D eigenvalue weighted by atomic mass is 9.74. The summed E-state index contributed by atoms with van der Waals surface area (Å²) in [4.78, 5) is 23.2. The molecule has 0 bridgehead atoms. The summed E-state index contributed by atoms with van der Waals surface area (Å²) in [7, 11) is 0. The molecule has 3 atom stereocenters. The third kappa shape index (κ3) is 4.49. The Morgan fingerprint density at radius 1 is 1.14 bits per heavy atom. The van der Waals surface area contributed by atoms with Gasteiger partial charge >= 0.3 is 0 Å². The summed E-state index contributed by atoms with van der Waals surface area (Å²) in [6, 6.07) is 10.7. The Balaban J connectivity index is 1.54. The number of carbonyl (C=O) groups is 1. The summed E-state index contributed by atoms with van der Waals surface area (Å²) in [6.07, 6.45) is 10.2. The molecule has 0 radical (unpaired) electrons. The van der Waals surface area contributed by atoms with Gasteiger partial charge in [0.2, 0.25) is 0 Å². The van der Waals surface area contributed by atoms with Crippen LogP contribution < -0.4 is 5.32 Å². The van der Waals surface area contributed by atoms with Crippen molar-refractivity contribution < 1.29 is 9.90 Å². The van der Waals surface area contributed by atoms with E-state index in [2.05, 4.69) is 44.5 Å². The minimum absolute atomic E-state index is 0.186. The van der Waals surface area contributed by atoms with Gasteiger partial charge in [0, 0.05) is 30.4 Å². The van der Waals surface area contributed by atoms with Gasteiger partial charge in [-0.05, 0) is 57.2 Å². The SMILES string of the molecule is O=C(NC[C@@]1(c2ccccc2)CC[C@H](O)[C@@H](N2CCCC2)CC1)c1cnccn1. The maximum atomic E-state index is 12.6. The highest BCUT2D eigenvalue weighted by molar-refractivity contribution is 5.91. The Hall–Kier alpha value is -2.31. The van der Waals surface area contributed by atoms with Gasteiger partial charge in [-0.1, -0.05) is 30.3 Å². The van der Waals surface area contributed by atoms with Gasteiger partial charge in [-0.25, -0.2) is 4.98 Å². The van der Waals surface area contributed by atoms with E-state index in [0.29, 0.717) is 12.2 Å². The Bertz CT molecular complexity index is 795. The number of hydrogen-bond donors (Lipinski definition) is 2. The highest BCUT2D eigenvalue weighted by Gasteiger charge is 2.40. The van der Waals surface area contributed by atoms with Crippen LogP contribution in [0.5, 0.6) is 0 Å². The number of aromatic nitrogens is 2. The van der Waals surface area contributed by atoms with E-state index in [1.54, 1.807) is 6.20 Å². The first-order chi connectivity index (χ1) is 14.2. The largest absolute Gasteiger partial charge is 0.391 e. The zero-order valence-electron chi connectivity index (χ0n) is 16.8. The quantitative estimate of drug-likeness (QED) is 0.762. The molecule has 2 fully saturated rings. The van der Waals surface area contributed by atoms with Gasteiger partial charge in [-0.15, -0.1) is 0 Å². The molecule has 2 aromatic rings. The number of nitrogens with zero attached hydrogens (tertiary/aromatic N) is 3. The van der Waals surface area contributed by atoms with Crippen LogP contribution >= 0.6 is 0 Å². The Morgan fingerprint density at radius 3 is 2.62 bits per heavy atom. The molecule has 2 N–H and O–H groups in total. The standard InChI is InChI=1S/C23H30N4O2/c28-21-9-11-23(18-6-2-1-3-7-18,10-8-20(21)27-14-4-5-15-27)17-26-22(29)19-16-24-12-13-25-19/h1-3,6-7,12-13,16,20-21,28H,4-5,8-11,14-15,17H2,(H,26,29)/t20-,21-,23-/m0/s1. The van der Waals surface area contributed by atoms with Crippen molar-refractivity contribution in [2.24, 2.45) is 0 Å². The van der Waals surface area contributed by atoms with E-state index >= 15 is 0 Å². The van der Waals surface area contributed by atoms with Gasteiger partial charge in [0.05, 0.1) is 12.3 Å². The smallest absolute Gasteiger partial charge is 0.271 e. The number of aliphatic hydroxyl groups is 1. The van der Waals surface area contributed by atoms with Crippen molar-refractivity contribution in [2.45, 2.75) is 56.1 Å². The first-order valence-corrected chi connectivity index (χ1v) is 10.7. The molecular weight excluding hydrogens is 364 g/mol. The average molecular weight is 395 g/mol. The van der Waals surface area contributed by atoms with Gasteiger partial charge in [0.25, 0.3) is 5.91 Å². The van der Waals surface area contributed by atoms with Gasteiger partial charge < -0.3 is 10.4 Å². The lowest BCUT2D eigenvalue weighted by molar-refractivity contribution is 0.0569. The summed E-state index contributed by atoms with van der Waals surface area (Å²) < 4.78 is 0. The molecular formula is C23H30N4O2. The number of carbonyl (C=O) groups excluding carboxylic acids is 1. The maximum absolute atomic E-state index is 12.6. The zero-order valence-corrected chi connectivity index (χ0v) is 16.8. The zero-order chi connectivity index (χ0) is 20.1. The first kappa shape index (κ1) is 20.0. The van der Waals surface area contributed by atoms with Crippen molar-refractivity contribution >= 4 is 5.91 Å². The molecule has 1 aromatic heterocycles. The van der Waals surface area contributed by atoms with Crippen LogP contribution in [0.4, 0.5) is 0 Å². The van der Waals surface area contributed by atoms with Crippen molar-refractivity contribution in [3.8, 4) is 0 Å². The van der Waals surface area contributed by atoms with Gasteiger partial charge in [-0.3, -0.25) is 14.7 Å². The maximum Gasteiger partial charge on any atom is 0.271 e. The second-order valence-electron chi connectivity index (χ2n) is 8.37. The third-order valence-corrected chi connectivity index (χ3v) is 6.66. The van der Waals surface area contributed by atoms with E-state index in [9.17, 15) is 9.90 Å². The number of likely N-dealkylation sites (tertiary alicyclic amines) is 1. The van der Waals surface area contributed by atoms with Crippen LogP contribution in [0, 0.1) is 0 Å². The predicted molar refractivity (Wildman–Crippen MR) is 112 cm³/mol. The molecule has 0 spiro atoms. The monoisotopic (exact) mass is 394 g/mol. The molecule has 1 saturated heterocycles. The van der Waals surface area contributed by atoms with Crippen LogP contribution in [-0.2, 0) is 5.41 Å². The highest BCUT2D eigenvalue weighted by Crippen LogP contribution is 2.39. The summed E-state index contributed by atoms with van der Waals surface area (Å²) in [6.45, 7) is 2.71. The molecule has 6 heteroatoms. The molecule has 6 nitrogen and oxygen atoms in total. The van der Waals surface area contributed by atoms with E-state index in [0.717, 1.165) is 38.8 Å².